The molecule has 1 aliphatic carbocycles. The van der Waals surface area contributed by atoms with E-state index in [0.717, 1.165) is 33.4 Å². The van der Waals surface area contributed by atoms with E-state index < -0.39 is 24.1 Å². The van der Waals surface area contributed by atoms with Gasteiger partial charge in [0.15, 0.2) is 0 Å². The third kappa shape index (κ3) is 5.24. The summed E-state index contributed by atoms with van der Waals surface area (Å²) < 4.78 is 11.5. The summed E-state index contributed by atoms with van der Waals surface area (Å²) >= 11 is 0. The largest absolute Gasteiger partial charge is 0.480 e. The van der Waals surface area contributed by atoms with Crippen LogP contribution in [0, 0.1) is 0 Å². The number of fused-ring (bicyclic) bond motifs is 5. The maximum absolute atomic E-state index is 13.0. The van der Waals surface area contributed by atoms with E-state index in [4.69, 9.17) is 9.47 Å². The van der Waals surface area contributed by atoms with Crippen LogP contribution in [-0.2, 0) is 14.3 Å². The molecule has 1 aliphatic heterocycles. The Morgan fingerprint density at radius 2 is 1.27 bits per heavy atom. The summed E-state index contributed by atoms with van der Waals surface area (Å²) in [6, 6.07) is 29.1. The van der Waals surface area contributed by atoms with E-state index >= 15 is 0 Å². The molecule has 2 aliphatic rings. The topological polar surface area (TPSA) is 114 Å². The first-order valence-corrected chi connectivity index (χ1v) is 13.5. The molecule has 4 aromatic rings. The quantitative estimate of drug-likeness (QED) is 0.258. The lowest BCUT2D eigenvalue weighted by Crippen LogP contribution is -2.42. The number of nitrogens with one attached hydrogen (secondary N) is 2. The summed E-state index contributed by atoms with van der Waals surface area (Å²) in [6.45, 7) is 0.0647. The number of hydrogen-bond donors (Lipinski definition) is 3. The standard InChI is InChI=1S/C33H28N2O6/c36-30(35-31-24-13-5-7-15-28(24)41-29-16-8-6-14-25(29)31)18-17-27(32(37)38)34-33(39)40-19-26-22-11-3-1-9-20(22)21-10-2-4-12-23(21)26/h1-16,26-27,31H,17-19H2,(H,34,39)(H,35,36)(H,37,38). The van der Waals surface area contributed by atoms with Crippen LogP contribution in [0.4, 0.5) is 4.79 Å². The van der Waals surface area contributed by atoms with Gasteiger partial charge >= 0.3 is 12.1 Å². The SMILES string of the molecule is O=C(CCC(NC(=O)OCC1c2ccccc2-c2ccccc21)C(=O)O)NC1c2ccccc2Oc2ccccc21. The van der Waals surface area contributed by atoms with Gasteiger partial charge in [-0.1, -0.05) is 84.9 Å². The van der Waals surface area contributed by atoms with Crippen LogP contribution in [0.25, 0.3) is 11.1 Å². The molecular formula is C33H28N2O6. The second-order valence-electron chi connectivity index (χ2n) is 10.1. The van der Waals surface area contributed by atoms with Crippen LogP contribution in [0.15, 0.2) is 97.1 Å². The van der Waals surface area contributed by atoms with Gasteiger partial charge in [0.25, 0.3) is 0 Å². The van der Waals surface area contributed by atoms with E-state index in [1.54, 1.807) is 0 Å². The highest BCUT2D eigenvalue weighted by Gasteiger charge is 2.31. The van der Waals surface area contributed by atoms with Crippen molar-refractivity contribution in [2.24, 2.45) is 0 Å². The molecule has 8 nitrogen and oxygen atoms in total. The van der Waals surface area contributed by atoms with E-state index in [0.29, 0.717) is 11.5 Å². The van der Waals surface area contributed by atoms with E-state index in [9.17, 15) is 19.5 Å². The molecule has 0 bridgehead atoms. The number of benzene rings is 4. The summed E-state index contributed by atoms with van der Waals surface area (Å²) in [4.78, 5) is 37.6. The van der Waals surface area contributed by atoms with Crippen LogP contribution < -0.4 is 15.4 Å². The molecule has 8 heteroatoms. The maximum Gasteiger partial charge on any atom is 0.407 e. The molecule has 1 unspecified atom stereocenters. The van der Waals surface area contributed by atoms with Gasteiger partial charge in [0, 0.05) is 23.5 Å². The molecule has 0 radical (unpaired) electrons. The number of rotatable bonds is 8. The van der Waals surface area contributed by atoms with Gasteiger partial charge in [0.05, 0.1) is 6.04 Å². The number of amides is 2. The maximum atomic E-state index is 13.0. The number of carboxylic acids is 1. The Kier molecular flexibility index (Phi) is 7.12. The minimum atomic E-state index is -1.29. The van der Waals surface area contributed by atoms with Gasteiger partial charge < -0.3 is 25.2 Å². The highest BCUT2D eigenvalue weighted by molar-refractivity contribution is 5.83. The van der Waals surface area contributed by atoms with Crippen molar-refractivity contribution in [2.75, 3.05) is 6.61 Å². The first-order chi connectivity index (χ1) is 20.0. The predicted octanol–water partition coefficient (Wildman–Crippen LogP) is 5.77. The fraction of sp³-hybridized carbons (Fsp3) is 0.182. The highest BCUT2D eigenvalue weighted by atomic mass is 16.5. The first-order valence-electron chi connectivity index (χ1n) is 13.5. The second kappa shape index (κ2) is 11.2. The van der Waals surface area contributed by atoms with E-state index in [1.165, 1.54) is 0 Å². The summed E-state index contributed by atoms with van der Waals surface area (Å²) in [7, 11) is 0. The van der Waals surface area contributed by atoms with Crippen molar-refractivity contribution in [3.8, 4) is 22.6 Å². The van der Waals surface area contributed by atoms with Crippen molar-refractivity contribution in [1.82, 2.24) is 10.6 Å². The lowest BCUT2D eigenvalue weighted by molar-refractivity contribution is -0.139. The molecule has 0 spiro atoms. The zero-order chi connectivity index (χ0) is 28.3. The predicted molar refractivity (Wildman–Crippen MR) is 152 cm³/mol. The number of aliphatic carboxylic acids is 1. The minimum absolute atomic E-state index is 0.0647. The van der Waals surface area contributed by atoms with Crippen molar-refractivity contribution < 1.29 is 29.0 Å². The van der Waals surface area contributed by atoms with Gasteiger partial charge in [-0.25, -0.2) is 9.59 Å². The molecule has 0 aromatic heterocycles. The van der Waals surface area contributed by atoms with Crippen LogP contribution in [0.5, 0.6) is 11.5 Å². The molecule has 0 saturated heterocycles. The number of carboxylic acid groups (broad SMARTS) is 1. The molecule has 0 saturated carbocycles. The fourth-order valence-corrected chi connectivity index (χ4v) is 5.61. The van der Waals surface area contributed by atoms with E-state index in [2.05, 4.69) is 10.6 Å². The van der Waals surface area contributed by atoms with Gasteiger partial charge in [0.1, 0.15) is 24.1 Å². The van der Waals surface area contributed by atoms with Crippen LogP contribution in [0.3, 0.4) is 0 Å². The number of ether oxygens (including phenoxy) is 2. The molecule has 2 amide bonds. The molecule has 206 valence electrons. The van der Waals surface area contributed by atoms with Gasteiger partial charge in [-0.3, -0.25) is 4.79 Å². The Morgan fingerprint density at radius 1 is 0.756 bits per heavy atom. The van der Waals surface area contributed by atoms with Gasteiger partial charge in [-0.05, 0) is 40.8 Å². The van der Waals surface area contributed by atoms with Crippen LogP contribution in [0.1, 0.15) is 47.1 Å². The molecule has 0 fully saturated rings. The summed E-state index contributed by atoms with van der Waals surface area (Å²) in [5.41, 5.74) is 5.94. The number of carbonyl (C=O) groups excluding carboxylic acids is 2. The Bertz CT molecular complexity index is 1540. The minimum Gasteiger partial charge on any atom is -0.480 e. The zero-order valence-electron chi connectivity index (χ0n) is 22.1. The Morgan fingerprint density at radius 3 is 1.83 bits per heavy atom. The number of carbonyl (C=O) groups is 3. The van der Waals surface area contributed by atoms with Crippen LogP contribution >= 0.6 is 0 Å². The zero-order valence-corrected chi connectivity index (χ0v) is 22.1. The Labute approximate surface area is 236 Å². The Balaban J connectivity index is 1.07. The normalized spacial score (nSPS) is 14.0. The van der Waals surface area contributed by atoms with Crippen molar-refractivity contribution in [1.29, 1.82) is 0 Å². The van der Waals surface area contributed by atoms with Crippen molar-refractivity contribution >= 4 is 18.0 Å². The van der Waals surface area contributed by atoms with Crippen molar-refractivity contribution in [3.05, 3.63) is 119 Å². The average molecular weight is 549 g/mol. The molecule has 1 atom stereocenters. The number of hydrogen-bond acceptors (Lipinski definition) is 5. The lowest BCUT2D eigenvalue weighted by Gasteiger charge is -2.29. The van der Waals surface area contributed by atoms with Crippen LogP contribution in [-0.4, -0.2) is 35.7 Å². The van der Waals surface area contributed by atoms with Crippen LogP contribution in [0.2, 0.25) is 0 Å². The third-order valence-electron chi connectivity index (χ3n) is 7.58. The Hall–Kier alpha value is -5.11. The average Bonchev–Trinajstić information content (AvgIpc) is 3.31. The van der Waals surface area contributed by atoms with Crippen molar-refractivity contribution in [2.45, 2.75) is 30.8 Å². The summed E-state index contributed by atoms with van der Waals surface area (Å²) in [5.74, 6) is -0.434. The molecule has 3 N–H and O–H groups in total. The van der Waals surface area contributed by atoms with Gasteiger partial charge in [-0.15, -0.1) is 0 Å². The number of alkyl carbamates (subject to hydrolysis) is 1. The molecule has 1 heterocycles. The molecule has 4 aromatic carbocycles. The summed E-state index contributed by atoms with van der Waals surface area (Å²) in [5, 5.41) is 15.2. The van der Waals surface area contributed by atoms with E-state index in [-0.39, 0.29) is 31.3 Å². The van der Waals surface area contributed by atoms with Gasteiger partial charge in [-0.2, -0.15) is 0 Å². The van der Waals surface area contributed by atoms with Gasteiger partial charge in [0.2, 0.25) is 5.91 Å². The smallest absolute Gasteiger partial charge is 0.407 e. The van der Waals surface area contributed by atoms with E-state index in [1.807, 2.05) is 97.1 Å². The molecule has 41 heavy (non-hydrogen) atoms. The highest BCUT2D eigenvalue weighted by Crippen LogP contribution is 2.45. The molecule has 6 rings (SSSR count). The second-order valence-corrected chi connectivity index (χ2v) is 10.1. The lowest BCUT2D eigenvalue weighted by atomic mass is 9.94. The first kappa shape index (κ1) is 26.1. The third-order valence-corrected chi connectivity index (χ3v) is 7.58. The van der Waals surface area contributed by atoms with Crippen molar-refractivity contribution in [3.63, 3.8) is 0 Å². The summed E-state index contributed by atoms with van der Waals surface area (Å²) in [6.07, 6.45) is -1.05. The monoisotopic (exact) mass is 548 g/mol. The fourth-order valence-electron chi connectivity index (χ4n) is 5.61. The molecular weight excluding hydrogens is 520 g/mol. The number of para-hydroxylation sites is 2.